The predicted octanol–water partition coefficient (Wildman–Crippen LogP) is 14.3. The molecule has 1 saturated carbocycles. The fraction of sp³-hybridized carbons (Fsp3) is 0.289. The number of hydrogen-bond donors (Lipinski definition) is 0. The average Bonchev–Trinajstić information content (AvgIpc) is 3.85. The van der Waals surface area contributed by atoms with Crippen LogP contribution in [0.1, 0.15) is 100 Å². The molecule has 6 aromatic rings. The van der Waals surface area contributed by atoms with E-state index in [2.05, 4.69) is 151 Å². The maximum absolute atomic E-state index is 3.06. The first-order valence-electron chi connectivity index (χ1n) is 16.7. The summed E-state index contributed by atoms with van der Waals surface area (Å²) in [6.45, 7) is 14.3. The third-order valence-electron chi connectivity index (χ3n) is 9.60. The molecule has 2 radical (unpaired) electrons. The van der Waals surface area contributed by atoms with Crippen molar-refractivity contribution in [3.05, 3.63) is 146 Å². The van der Waals surface area contributed by atoms with Gasteiger partial charge in [-0.15, -0.1) is 93.9 Å². The van der Waals surface area contributed by atoms with Crippen LogP contribution >= 0.6 is 24.8 Å². The molecule has 260 valence electrons. The minimum absolute atomic E-state index is 0. The Kier molecular flexibility index (Phi) is 19.4. The van der Waals surface area contributed by atoms with Crippen LogP contribution in [0.5, 0.6) is 0 Å². The van der Waals surface area contributed by atoms with Gasteiger partial charge in [0.2, 0.25) is 0 Å². The van der Waals surface area contributed by atoms with Crippen molar-refractivity contribution in [2.24, 2.45) is 0 Å². The molecule has 0 spiro atoms. The molecule has 0 aromatic heterocycles. The zero-order chi connectivity index (χ0) is 31.9. The molecule has 0 atom stereocenters. The SMILES string of the molecule is CC(C)c1ccc(-c2cccc3[cH-]c(C4CCCC4)cc23)cc1.CCc1cc2c(-c3ccc(C(C)C)cc3)cccc2[cH-]1.Cl.Cl.[CH3-].[CH3-].[Si]=[Zr]. The Bertz CT molecular complexity index is 1820. The van der Waals surface area contributed by atoms with Crippen LogP contribution in [0.25, 0.3) is 43.8 Å². The second kappa shape index (κ2) is 21.2. The molecule has 0 nitrogen and oxygen atoms in total. The van der Waals surface area contributed by atoms with Gasteiger partial charge in [0.25, 0.3) is 0 Å². The van der Waals surface area contributed by atoms with E-state index in [4.69, 9.17) is 0 Å². The van der Waals surface area contributed by atoms with Crippen LogP contribution < -0.4 is 0 Å². The molecular weight excluding hydrogens is 731 g/mol. The average molecular weight is 785 g/mol. The van der Waals surface area contributed by atoms with E-state index in [-0.39, 0.29) is 39.7 Å². The molecule has 0 heterocycles. The van der Waals surface area contributed by atoms with Crippen LogP contribution in [0.4, 0.5) is 0 Å². The van der Waals surface area contributed by atoms with E-state index in [9.17, 15) is 0 Å². The van der Waals surface area contributed by atoms with Crippen molar-refractivity contribution >= 4 is 53.2 Å². The van der Waals surface area contributed by atoms with Crippen molar-refractivity contribution in [1.29, 1.82) is 0 Å². The van der Waals surface area contributed by atoms with Gasteiger partial charge in [-0.1, -0.05) is 119 Å². The van der Waals surface area contributed by atoms with E-state index < -0.39 is 0 Å². The predicted molar refractivity (Wildman–Crippen MR) is 222 cm³/mol. The van der Waals surface area contributed by atoms with Crippen molar-refractivity contribution in [3.63, 3.8) is 0 Å². The normalized spacial score (nSPS) is 12.1. The summed E-state index contributed by atoms with van der Waals surface area (Å²) >= 11 is 1.36. The fourth-order valence-corrected chi connectivity index (χ4v) is 6.85. The molecular formula is C45H54Cl2SiZr-4. The first kappa shape index (κ1) is 44.8. The van der Waals surface area contributed by atoms with Crippen LogP contribution in [0.3, 0.4) is 0 Å². The third kappa shape index (κ3) is 10.6. The third-order valence-corrected chi connectivity index (χ3v) is 9.60. The second-order valence-electron chi connectivity index (χ2n) is 13.2. The molecule has 49 heavy (non-hydrogen) atoms. The van der Waals surface area contributed by atoms with Gasteiger partial charge in [0.05, 0.1) is 0 Å². The summed E-state index contributed by atoms with van der Waals surface area (Å²) in [5, 5.41) is 5.55. The van der Waals surface area contributed by atoms with Crippen molar-refractivity contribution < 1.29 is 23.3 Å². The number of fused-ring (bicyclic) bond motifs is 2. The van der Waals surface area contributed by atoms with Crippen LogP contribution in [0.15, 0.2) is 109 Å². The van der Waals surface area contributed by atoms with E-state index in [1.54, 1.807) is 5.56 Å². The van der Waals surface area contributed by atoms with E-state index in [0.717, 1.165) is 12.3 Å². The summed E-state index contributed by atoms with van der Waals surface area (Å²) in [6.07, 6.45) is 6.63. The molecule has 6 aromatic carbocycles. The molecule has 0 saturated heterocycles. The molecule has 7 rings (SSSR count). The molecule has 0 unspecified atom stereocenters. The van der Waals surface area contributed by atoms with Gasteiger partial charge >= 0.3 is 30.2 Å². The van der Waals surface area contributed by atoms with Crippen molar-refractivity contribution in [1.82, 2.24) is 0 Å². The van der Waals surface area contributed by atoms with Crippen molar-refractivity contribution in [2.75, 3.05) is 0 Å². The van der Waals surface area contributed by atoms with E-state index >= 15 is 0 Å². The number of halogens is 2. The maximum atomic E-state index is 3.06. The number of hydrogen-bond acceptors (Lipinski definition) is 0. The zero-order valence-electron chi connectivity index (χ0n) is 30.5. The Morgan fingerprint density at radius 3 is 1.49 bits per heavy atom. The van der Waals surface area contributed by atoms with Gasteiger partial charge in [-0.2, -0.15) is 12.1 Å². The molecule has 1 fully saturated rings. The number of rotatable bonds is 6. The van der Waals surface area contributed by atoms with Crippen molar-refractivity contribution in [2.45, 2.75) is 84.5 Å². The first-order chi connectivity index (χ1) is 21.9. The standard InChI is InChI=1S/C23H25.C20H21.2CH3.2ClH.Si.Zr/c1-16(2)17-10-12-19(13-11-17)22-9-5-8-20-14-21(15-23(20)22)18-6-3-4-7-18;1-4-15-12-18-6-5-7-19(20(18)13-15)17-10-8-16(9-11-17)14(2)3;;;;;;/h5,8-16,18H,3-4,6-7H2,1-2H3;5-14H,4H2,1-3H3;2*1H3;2*1H;;/q4*-1;;;;. The van der Waals surface area contributed by atoms with Crippen LogP contribution in [0.2, 0.25) is 0 Å². The Morgan fingerprint density at radius 1 is 0.633 bits per heavy atom. The van der Waals surface area contributed by atoms with Gasteiger partial charge < -0.3 is 14.9 Å². The van der Waals surface area contributed by atoms with Gasteiger partial charge in [0.1, 0.15) is 0 Å². The van der Waals surface area contributed by atoms with Crippen LogP contribution in [0, 0.1) is 14.9 Å². The topological polar surface area (TPSA) is 0 Å². The molecule has 1 aliphatic carbocycles. The fourth-order valence-electron chi connectivity index (χ4n) is 6.85. The monoisotopic (exact) mass is 782 g/mol. The minimum atomic E-state index is 0. The Labute approximate surface area is 327 Å². The van der Waals surface area contributed by atoms with Gasteiger partial charge in [-0.3, -0.25) is 0 Å². The number of benzene rings is 4. The Hall–Kier alpha value is -2.22. The molecule has 1 aliphatic rings. The van der Waals surface area contributed by atoms with Gasteiger partial charge in [-0.25, -0.2) is 0 Å². The summed E-state index contributed by atoms with van der Waals surface area (Å²) < 4.78 is 0. The summed E-state index contributed by atoms with van der Waals surface area (Å²) in [4.78, 5) is 0. The summed E-state index contributed by atoms with van der Waals surface area (Å²) in [6, 6.07) is 41.0. The summed E-state index contributed by atoms with van der Waals surface area (Å²) in [5.74, 6) is 1.97. The van der Waals surface area contributed by atoms with E-state index in [0.29, 0.717) is 11.8 Å². The van der Waals surface area contributed by atoms with Crippen molar-refractivity contribution in [3.8, 4) is 22.3 Å². The first-order valence-corrected chi connectivity index (χ1v) is 20.9. The molecule has 0 bridgehead atoms. The molecule has 0 amide bonds. The quantitative estimate of drug-likeness (QED) is 0.117. The summed E-state index contributed by atoms with van der Waals surface area (Å²) in [5.41, 5.74) is 11.2. The molecule has 0 aliphatic heterocycles. The van der Waals surface area contributed by atoms with Crippen LogP contribution in [-0.2, 0) is 29.8 Å². The number of aryl methyl sites for hydroxylation is 1. The van der Waals surface area contributed by atoms with Gasteiger partial charge in [0.15, 0.2) is 0 Å². The van der Waals surface area contributed by atoms with Gasteiger partial charge in [0, 0.05) is 0 Å². The van der Waals surface area contributed by atoms with E-state index in [1.165, 1.54) is 110 Å². The van der Waals surface area contributed by atoms with Crippen LogP contribution in [-0.4, -0.2) is 6.88 Å². The van der Waals surface area contributed by atoms with E-state index in [1.807, 2.05) is 0 Å². The zero-order valence-corrected chi connectivity index (χ0v) is 35.6. The second-order valence-corrected chi connectivity index (χ2v) is 13.2. The summed E-state index contributed by atoms with van der Waals surface area (Å²) in [7, 11) is 0. The Balaban J connectivity index is 0.000000436. The molecule has 4 heteroatoms. The van der Waals surface area contributed by atoms with Gasteiger partial charge in [-0.05, 0) is 59.3 Å². The Morgan fingerprint density at radius 2 is 1.06 bits per heavy atom. The molecule has 0 N–H and O–H groups in total.